The van der Waals surface area contributed by atoms with Crippen LogP contribution in [-0.2, 0) is 11.2 Å². The molecule has 1 atom stereocenters. The summed E-state index contributed by atoms with van der Waals surface area (Å²) in [6.45, 7) is 4.89. The second-order valence-electron chi connectivity index (χ2n) is 5.73. The van der Waals surface area contributed by atoms with Gasteiger partial charge in [0.1, 0.15) is 5.75 Å². The molecule has 2 aromatic carbocycles. The summed E-state index contributed by atoms with van der Waals surface area (Å²) in [4.78, 5) is 14.6. The molecular formula is C19H22N2O2. The first-order valence-corrected chi connectivity index (χ1v) is 8.06. The molecule has 1 aliphatic heterocycles. The molecule has 3 rings (SSSR count). The van der Waals surface area contributed by atoms with Crippen LogP contribution in [0.1, 0.15) is 19.4 Å². The molecule has 0 fully saturated rings. The second-order valence-corrected chi connectivity index (χ2v) is 5.73. The predicted octanol–water partition coefficient (Wildman–Crippen LogP) is 3.48. The zero-order valence-corrected chi connectivity index (χ0v) is 13.6. The minimum atomic E-state index is 0.0775. The van der Waals surface area contributed by atoms with Crippen molar-refractivity contribution in [3.8, 4) is 5.75 Å². The number of hydrogen-bond donors (Lipinski definition) is 1. The van der Waals surface area contributed by atoms with Crippen molar-refractivity contribution in [1.82, 2.24) is 0 Å². The molecule has 0 saturated heterocycles. The molecule has 0 spiro atoms. The molecule has 0 aromatic heterocycles. The molecule has 23 heavy (non-hydrogen) atoms. The quantitative estimate of drug-likeness (QED) is 0.919. The van der Waals surface area contributed by atoms with E-state index in [9.17, 15) is 4.79 Å². The van der Waals surface area contributed by atoms with Gasteiger partial charge < -0.3 is 15.0 Å². The van der Waals surface area contributed by atoms with E-state index in [2.05, 4.69) is 18.3 Å². The molecule has 0 radical (unpaired) electrons. The van der Waals surface area contributed by atoms with Gasteiger partial charge in [-0.15, -0.1) is 0 Å². The number of benzene rings is 2. The van der Waals surface area contributed by atoms with Gasteiger partial charge in [-0.1, -0.05) is 30.3 Å². The maximum Gasteiger partial charge on any atom is 0.246 e. The van der Waals surface area contributed by atoms with Gasteiger partial charge in [-0.3, -0.25) is 4.79 Å². The van der Waals surface area contributed by atoms with Gasteiger partial charge in [0.25, 0.3) is 0 Å². The Kier molecular flexibility index (Phi) is 4.51. The first-order valence-electron chi connectivity index (χ1n) is 8.06. The van der Waals surface area contributed by atoms with Crippen LogP contribution in [-0.4, -0.2) is 25.1 Å². The van der Waals surface area contributed by atoms with Crippen molar-refractivity contribution in [3.05, 3.63) is 54.1 Å². The number of fused-ring (bicyclic) bond motifs is 1. The number of para-hydroxylation sites is 3. The Balaban J connectivity index is 1.71. The Bertz CT molecular complexity index is 699. The van der Waals surface area contributed by atoms with Crippen molar-refractivity contribution >= 4 is 17.3 Å². The van der Waals surface area contributed by atoms with Crippen LogP contribution in [0.4, 0.5) is 11.4 Å². The van der Waals surface area contributed by atoms with Crippen LogP contribution in [0.15, 0.2) is 48.5 Å². The second kappa shape index (κ2) is 6.73. The molecule has 2 aromatic rings. The molecule has 120 valence electrons. The average molecular weight is 310 g/mol. The highest BCUT2D eigenvalue weighted by Gasteiger charge is 2.30. The molecule has 4 heteroatoms. The lowest BCUT2D eigenvalue weighted by molar-refractivity contribution is -0.117. The Morgan fingerprint density at radius 3 is 2.78 bits per heavy atom. The van der Waals surface area contributed by atoms with E-state index in [0.29, 0.717) is 6.61 Å². The average Bonchev–Trinajstić information content (AvgIpc) is 2.90. The first kappa shape index (κ1) is 15.4. The molecule has 1 amide bonds. The Hall–Kier alpha value is -2.49. The Labute approximate surface area is 137 Å². The fraction of sp³-hybridized carbons (Fsp3) is 0.316. The molecule has 0 unspecified atom stereocenters. The van der Waals surface area contributed by atoms with Crippen molar-refractivity contribution in [1.29, 1.82) is 0 Å². The number of carbonyl (C=O) groups is 1. The summed E-state index contributed by atoms with van der Waals surface area (Å²) in [7, 11) is 0. The number of rotatable bonds is 5. The highest BCUT2D eigenvalue weighted by Crippen LogP contribution is 2.32. The maximum atomic E-state index is 12.7. The summed E-state index contributed by atoms with van der Waals surface area (Å²) in [6.07, 6.45) is 0.914. The topological polar surface area (TPSA) is 41.6 Å². The van der Waals surface area contributed by atoms with Gasteiger partial charge in [-0.05, 0) is 44.0 Å². The van der Waals surface area contributed by atoms with Gasteiger partial charge in [0.2, 0.25) is 5.91 Å². The summed E-state index contributed by atoms with van der Waals surface area (Å²) in [5, 5.41) is 3.21. The van der Waals surface area contributed by atoms with Gasteiger partial charge in [-0.2, -0.15) is 0 Å². The Morgan fingerprint density at radius 2 is 1.96 bits per heavy atom. The molecular weight excluding hydrogens is 288 g/mol. The van der Waals surface area contributed by atoms with E-state index in [1.165, 1.54) is 5.56 Å². The Morgan fingerprint density at radius 1 is 1.22 bits per heavy atom. The first-order chi connectivity index (χ1) is 11.2. The monoisotopic (exact) mass is 310 g/mol. The van der Waals surface area contributed by atoms with E-state index in [0.717, 1.165) is 23.5 Å². The van der Waals surface area contributed by atoms with E-state index in [1.807, 2.05) is 54.3 Å². The summed E-state index contributed by atoms with van der Waals surface area (Å²) in [5.74, 6) is 0.853. The van der Waals surface area contributed by atoms with E-state index in [4.69, 9.17) is 4.74 Å². The van der Waals surface area contributed by atoms with Crippen LogP contribution in [0, 0.1) is 0 Å². The lowest BCUT2D eigenvalue weighted by atomic mass is 10.1. The zero-order chi connectivity index (χ0) is 16.2. The van der Waals surface area contributed by atoms with E-state index in [1.54, 1.807) is 0 Å². The highest BCUT2D eigenvalue weighted by atomic mass is 16.5. The molecule has 1 N–H and O–H groups in total. The summed E-state index contributed by atoms with van der Waals surface area (Å²) in [5.41, 5.74) is 3.12. The number of hydrogen-bond acceptors (Lipinski definition) is 3. The van der Waals surface area contributed by atoms with Crippen molar-refractivity contribution in [3.63, 3.8) is 0 Å². The molecule has 1 heterocycles. The molecule has 0 aliphatic carbocycles. The van der Waals surface area contributed by atoms with Gasteiger partial charge in [0.15, 0.2) is 0 Å². The van der Waals surface area contributed by atoms with E-state index < -0.39 is 0 Å². The van der Waals surface area contributed by atoms with Crippen LogP contribution in [0.25, 0.3) is 0 Å². The van der Waals surface area contributed by atoms with E-state index in [-0.39, 0.29) is 18.5 Å². The largest absolute Gasteiger partial charge is 0.492 e. The fourth-order valence-corrected chi connectivity index (χ4v) is 3.10. The summed E-state index contributed by atoms with van der Waals surface area (Å²) in [6, 6.07) is 16.0. The smallest absolute Gasteiger partial charge is 0.246 e. The van der Waals surface area contributed by atoms with Gasteiger partial charge in [0, 0.05) is 11.7 Å². The number of anilines is 2. The third-order valence-corrected chi connectivity index (χ3v) is 4.09. The third-order valence-electron chi connectivity index (χ3n) is 4.09. The van der Waals surface area contributed by atoms with Gasteiger partial charge in [0.05, 0.1) is 18.8 Å². The number of carbonyl (C=O) groups excluding carboxylic acids is 1. The zero-order valence-electron chi connectivity index (χ0n) is 13.6. The number of nitrogens with one attached hydrogen (secondary N) is 1. The highest BCUT2D eigenvalue weighted by molar-refractivity contribution is 5.98. The normalized spacial score (nSPS) is 16.1. The van der Waals surface area contributed by atoms with Crippen LogP contribution in [0.5, 0.6) is 5.75 Å². The van der Waals surface area contributed by atoms with Gasteiger partial charge in [-0.25, -0.2) is 0 Å². The van der Waals surface area contributed by atoms with Crippen LogP contribution >= 0.6 is 0 Å². The minimum absolute atomic E-state index is 0.0775. The molecule has 0 saturated carbocycles. The van der Waals surface area contributed by atoms with Crippen LogP contribution in [0.2, 0.25) is 0 Å². The van der Waals surface area contributed by atoms with Crippen molar-refractivity contribution in [2.45, 2.75) is 26.3 Å². The molecule has 4 nitrogen and oxygen atoms in total. The van der Waals surface area contributed by atoms with Gasteiger partial charge >= 0.3 is 0 Å². The predicted molar refractivity (Wildman–Crippen MR) is 93.2 cm³/mol. The van der Waals surface area contributed by atoms with Crippen molar-refractivity contribution in [2.75, 3.05) is 23.4 Å². The number of ether oxygens (including phenoxy) is 1. The van der Waals surface area contributed by atoms with Crippen LogP contribution < -0.4 is 15.0 Å². The third kappa shape index (κ3) is 3.16. The maximum absolute atomic E-state index is 12.7. The fourth-order valence-electron chi connectivity index (χ4n) is 3.10. The molecule has 1 aliphatic rings. The van der Waals surface area contributed by atoms with E-state index >= 15 is 0 Å². The summed E-state index contributed by atoms with van der Waals surface area (Å²) >= 11 is 0. The standard InChI is InChI=1S/C19H22N2O2/c1-3-23-18-11-7-5-9-16(18)20-13-19(22)21-14(2)12-15-8-4-6-10-17(15)21/h4-11,14,20H,3,12-13H2,1-2H3/t14-/m1/s1. The van der Waals surface area contributed by atoms with Crippen molar-refractivity contribution < 1.29 is 9.53 Å². The van der Waals surface area contributed by atoms with Crippen molar-refractivity contribution in [2.24, 2.45) is 0 Å². The van der Waals surface area contributed by atoms with Crippen LogP contribution in [0.3, 0.4) is 0 Å². The minimum Gasteiger partial charge on any atom is -0.492 e. The lowest BCUT2D eigenvalue weighted by Gasteiger charge is -2.23. The lowest BCUT2D eigenvalue weighted by Crippen LogP contribution is -2.39. The summed E-state index contributed by atoms with van der Waals surface area (Å²) < 4.78 is 5.58. The number of nitrogens with zero attached hydrogens (tertiary/aromatic N) is 1. The SMILES string of the molecule is CCOc1ccccc1NCC(=O)N1c2ccccc2C[C@H]1C. The molecule has 0 bridgehead atoms. The number of amides is 1.